The van der Waals surface area contributed by atoms with E-state index in [-0.39, 0.29) is 0 Å². The van der Waals surface area contributed by atoms with Gasteiger partial charge in [-0.2, -0.15) is 0 Å². The van der Waals surface area contributed by atoms with E-state index in [2.05, 4.69) is 156 Å². The minimum absolute atomic E-state index is 0.620. The summed E-state index contributed by atoms with van der Waals surface area (Å²) in [5, 5.41) is 4.43. The fourth-order valence-electron chi connectivity index (χ4n) is 8.05. The summed E-state index contributed by atoms with van der Waals surface area (Å²) in [4.78, 5) is 15.3. The zero-order valence-electron chi connectivity index (χ0n) is 30.2. The minimum atomic E-state index is 0.620. The fraction of sp³-hybridized carbons (Fsp3) is 0. The number of aromatic nitrogens is 4. The van der Waals surface area contributed by atoms with Crippen LogP contribution in [0.5, 0.6) is 0 Å². The number of furan rings is 1. The van der Waals surface area contributed by atoms with E-state index in [0.717, 1.165) is 88.4 Å². The summed E-state index contributed by atoms with van der Waals surface area (Å²) in [5.41, 5.74) is 12.2. The number of hydrogen-bond donors (Lipinski definition) is 0. The average Bonchev–Trinajstić information content (AvgIpc) is 3.83. The predicted octanol–water partition coefficient (Wildman–Crippen LogP) is 13.2. The van der Waals surface area contributed by atoms with Crippen LogP contribution in [0.3, 0.4) is 0 Å². The van der Waals surface area contributed by atoms with Crippen molar-refractivity contribution in [3.63, 3.8) is 0 Å². The molecule has 0 bridgehead atoms. The van der Waals surface area contributed by atoms with Crippen LogP contribution in [0.2, 0.25) is 0 Å². The second-order valence-corrected chi connectivity index (χ2v) is 14.0. The quantitative estimate of drug-likeness (QED) is 0.172. The lowest BCUT2D eigenvalue weighted by Crippen LogP contribution is -2.00. The molecule has 11 aromatic rings. The molecule has 0 N–H and O–H groups in total. The van der Waals surface area contributed by atoms with E-state index in [9.17, 15) is 0 Å². The van der Waals surface area contributed by atoms with Crippen molar-refractivity contribution in [2.45, 2.75) is 0 Å². The van der Waals surface area contributed by atoms with Crippen LogP contribution < -0.4 is 0 Å². The number of rotatable bonds is 6. The number of hydrogen-bond acceptors (Lipinski definition) is 4. The summed E-state index contributed by atoms with van der Waals surface area (Å²) in [5.74, 6) is 1.88. The number of fused-ring (bicyclic) bond motifs is 6. The third-order valence-electron chi connectivity index (χ3n) is 10.7. The summed E-state index contributed by atoms with van der Waals surface area (Å²) in [6, 6.07) is 67.3. The van der Waals surface area contributed by atoms with Gasteiger partial charge < -0.3 is 8.98 Å². The van der Waals surface area contributed by atoms with Crippen molar-refractivity contribution in [1.82, 2.24) is 19.5 Å². The molecule has 0 fully saturated rings. The van der Waals surface area contributed by atoms with E-state index < -0.39 is 0 Å². The maximum absolute atomic E-state index is 6.67. The molecule has 0 amide bonds. The molecule has 0 unspecified atom stereocenters. The molecule has 3 heterocycles. The van der Waals surface area contributed by atoms with Gasteiger partial charge in [0.2, 0.25) is 0 Å². The normalized spacial score (nSPS) is 11.6. The van der Waals surface area contributed by atoms with Crippen LogP contribution in [0.15, 0.2) is 199 Å². The molecule has 0 saturated carbocycles. The maximum Gasteiger partial charge on any atom is 0.164 e. The van der Waals surface area contributed by atoms with E-state index in [1.165, 1.54) is 0 Å². The van der Waals surface area contributed by atoms with Crippen LogP contribution in [-0.4, -0.2) is 19.5 Å². The Bertz CT molecular complexity index is 3240. The van der Waals surface area contributed by atoms with Gasteiger partial charge >= 0.3 is 0 Å². The van der Waals surface area contributed by atoms with Crippen molar-refractivity contribution in [3.8, 4) is 62.1 Å². The molecule has 0 aliphatic carbocycles. The smallest absolute Gasteiger partial charge is 0.164 e. The van der Waals surface area contributed by atoms with Crippen LogP contribution in [0, 0.1) is 0 Å². The molecule has 8 aromatic carbocycles. The first-order valence-electron chi connectivity index (χ1n) is 18.8. The molecule has 0 spiro atoms. The standard InChI is InChI=1S/C51H32N4O/c1-4-15-33(16-5-1)36-21-12-22-37(31-36)50-52-49(35-19-8-3-9-20-35)53-51(54-50)38-29-30-44-42(32-38)40-23-10-11-26-43(40)55(44)45-27-14-28-46-47(45)41-25-13-24-39(48(41)56-46)34-17-6-2-7-18-34/h1-32H. The molecule has 3 aromatic heterocycles. The lowest BCUT2D eigenvalue weighted by molar-refractivity contribution is 0.670. The van der Waals surface area contributed by atoms with Crippen molar-refractivity contribution >= 4 is 43.7 Å². The monoisotopic (exact) mass is 716 g/mol. The average molecular weight is 717 g/mol. The van der Waals surface area contributed by atoms with Crippen LogP contribution in [0.4, 0.5) is 0 Å². The Morgan fingerprint density at radius 3 is 1.68 bits per heavy atom. The van der Waals surface area contributed by atoms with Gasteiger partial charge in [-0.1, -0.05) is 152 Å². The molecule has 0 atom stereocenters. The first-order chi connectivity index (χ1) is 27.8. The van der Waals surface area contributed by atoms with Crippen molar-refractivity contribution in [3.05, 3.63) is 194 Å². The van der Waals surface area contributed by atoms with E-state index in [1.807, 2.05) is 42.5 Å². The first kappa shape index (κ1) is 31.9. The van der Waals surface area contributed by atoms with E-state index in [4.69, 9.17) is 19.4 Å². The molecule has 0 radical (unpaired) electrons. The summed E-state index contributed by atoms with van der Waals surface area (Å²) in [6.45, 7) is 0. The van der Waals surface area contributed by atoms with Crippen LogP contribution in [0.25, 0.3) is 106 Å². The highest BCUT2D eigenvalue weighted by atomic mass is 16.3. The fourth-order valence-corrected chi connectivity index (χ4v) is 8.05. The number of benzene rings is 8. The van der Waals surface area contributed by atoms with Crippen LogP contribution in [-0.2, 0) is 0 Å². The van der Waals surface area contributed by atoms with Crippen LogP contribution >= 0.6 is 0 Å². The highest BCUT2D eigenvalue weighted by Crippen LogP contribution is 2.42. The van der Waals surface area contributed by atoms with Gasteiger partial charge in [0.15, 0.2) is 17.5 Å². The SMILES string of the molecule is c1ccc(-c2cccc(-c3nc(-c4ccccc4)nc(-c4ccc5c(c4)c4ccccc4n5-c4cccc5oc6c(-c7ccccc7)cccc6c45)n3)c2)cc1. The minimum Gasteiger partial charge on any atom is -0.455 e. The summed E-state index contributed by atoms with van der Waals surface area (Å²) in [7, 11) is 0. The number of nitrogens with zero attached hydrogens (tertiary/aromatic N) is 4. The Morgan fingerprint density at radius 2 is 0.911 bits per heavy atom. The van der Waals surface area contributed by atoms with Gasteiger partial charge in [0.1, 0.15) is 11.2 Å². The molecule has 0 aliphatic rings. The van der Waals surface area contributed by atoms with E-state index >= 15 is 0 Å². The van der Waals surface area contributed by atoms with E-state index in [1.54, 1.807) is 0 Å². The second-order valence-electron chi connectivity index (χ2n) is 14.0. The lowest BCUT2D eigenvalue weighted by Gasteiger charge is -2.11. The molecule has 0 saturated heterocycles. The van der Waals surface area contributed by atoms with Gasteiger partial charge in [-0.05, 0) is 59.2 Å². The topological polar surface area (TPSA) is 56.7 Å². The first-order valence-corrected chi connectivity index (χ1v) is 18.8. The molecular formula is C51H32N4O. The van der Waals surface area contributed by atoms with Crippen LogP contribution in [0.1, 0.15) is 0 Å². The second kappa shape index (κ2) is 13.0. The summed E-state index contributed by atoms with van der Waals surface area (Å²) in [6.07, 6.45) is 0. The third kappa shape index (κ3) is 5.29. The Balaban J connectivity index is 1.10. The van der Waals surface area contributed by atoms with Gasteiger partial charge in [0.05, 0.1) is 22.1 Å². The Kier molecular flexibility index (Phi) is 7.42. The van der Waals surface area contributed by atoms with Gasteiger partial charge in [-0.25, -0.2) is 15.0 Å². The number of para-hydroxylation sites is 2. The maximum atomic E-state index is 6.67. The molecule has 0 aliphatic heterocycles. The zero-order valence-corrected chi connectivity index (χ0v) is 30.2. The van der Waals surface area contributed by atoms with Crippen molar-refractivity contribution in [2.24, 2.45) is 0 Å². The molecule has 5 nitrogen and oxygen atoms in total. The van der Waals surface area contributed by atoms with E-state index in [0.29, 0.717) is 17.5 Å². The molecule has 56 heavy (non-hydrogen) atoms. The zero-order chi connectivity index (χ0) is 37.0. The lowest BCUT2D eigenvalue weighted by atomic mass is 10.0. The van der Waals surface area contributed by atoms with Crippen molar-refractivity contribution < 1.29 is 4.42 Å². The highest BCUT2D eigenvalue weighted by molar-refractivity contribution is 6.16. The molecule has 262 valence electrons. The Labute approximate surface area is 322 Å². The van der Waals surface area contributed by atoms with Gasteiger partial charge in [-0.15, -0.1) is 0 Å². The predicted molar refractivity (Wildman–Crippen MR) is 229 cm³/mol. The van der Waals surface area contributed by atoms with Crippen molar-refractivity contribution in [1.29, 1.82) is 0 Å². The molecule has 5 heteroatoms. The van der Waals surface area contributed by atoms with Gasteiger partial charge in [-0.3, -0.25) is 0 Å². The van der Waals surface area contributed by atoms with Gasteiger partial charge in [0.25, 0.3) is 0 Å². The molecule has 11 rings (SSSR count). The Hall–Kier alpha value is -7.63. The summed E-state index contributed by atoms with van der Waals surface area (Å²) >= 11 is 0. The van der Waals surface area contributed by atoms with Gasteiger partial charge in [0, 0.05) is 38.4 Å². The Morgan fingerprint density at radius 1 is 0.357 bits per heavy atom. The summed E-state index contributed by atoms with van der Waals surface area (Å²) < 4.78 is 9.04. The van der Waals surface area contributed by atoms with Crippen molar-refractivity contribution in [2.75, 3.05) is 0 Å². The highest BCUT2D eigenvalue weighted by Gasteiger charge is 2.21. The third-order valence-corrected chi connectivity index (χ3v) is 10.7. The largest absolute Gasteiger partial charge is 0.455 e. The molecular weight excluding hydrogens is 685 g/mol.